The summed E-state index contributed by atoms with van der Waals surface area (Å²) in [5, 5.41) is 3.47. The third-order valence-corrected chi connectivity index (χ3v) is 3.60. The molecule has 0 spiro atoms. The molecule has 1 aromatic carbocycles. The van der Waals surface area contributed by atoms with E-state index in [1.54, 1.807) is 0 Å². The molecule has 0 radical (unpaired) electrons. The van der Waals surface area contributed by atoms with Crippen LogP contribution in [-0.2, 0) is 17.9 Å². The summed E-state index contributed by atoms with van der Waals surface area (Å²) in [7, 11) is 0. The standard InChI is InChI=1S/C16H25NO/c1-13(2)17-11-14-7-3-4-8-15(14)12-18-16-9-5-6-10-16/h3-4,7-8,13,16-17H,5-6,9-12H2,1-2H3. The molecule has 18 heavy (non-hydrogen) atoms. The molecule has 1 N–H and O–H groups in total. The molecule has 0 aliphatic heterocycles. The maximum Gasteiger partial charge on any atom is 0.0723 e. The fourth-order valence-electron chi connectivity index (χ4n) is 2.45. The van der Waals surface area contributed by atoms with E-state index in [1.165, 1.54) is 36.8 Å². The molecule has 0 amide bonds. The lowest BCUT2D eigenvalue weighted by Gasteiger charge is -2.15. The van der Waals surface area contributed by atoms with Gasteiger partial charge in [-0.05, 0) is 24.0 Å². The fraction of sp³-hybridized carbons (Fsp3) is 0.625. The molecule has 1 saturated carbocycles. The Labute approximate surface area is 111 Å². The van der Waals surface area contributed by atoms with Crippen molar-refractivity contribution in [2.45, 2.75) is 64.8 Å². The Morgan fingerprint density at radius 1 is 1.17 bits per heavy atom. The van der Waals surface area contributed by atoms with Crippen LogP contribution < -0.4 is 5.32 Å². The molecule has 1 aliphatic carbocycles. The number of ether oxygens (including phenoxy) is 1. The minimum atomic E-state index is 0.496. The zero-order valence-corrected chi connectivity index (χ0v) is 11.6. The van der Waals surface area contributed by atoms with E-state index in [-0.39, 0.29) is 0 Å². The van der Waals surface area contributed by atoms with Gasteiger partial charge in [-0.25, -0.2) is 0 Å². The number of hydrogen-bond acceptors (Lipinski definition) is 2. The molecular weight excluding hydrogens is 222 g/mol. The smallest absolute Gasteiger partial charge is 0.0723 e. The van der Waals surface area contributed by atoms with Gasteiger partial charge in [0.05, 0.1) is 12.7 Å². The van der Waals surface area contributed by atoms with Gasteiger partial charge in [0, 0.05) is 12.6 Å². The van der Waals surface area contributed by atoms with E-state index in [0.29, 0.717) is 12.1 Å². The van der Waals surface area contributed by atoms with Crippen LogP contribution in [0.25, 0.3) is 0 Å². The van der Waals surface area contributed by atoms with Crippen molar-refractivity contribution in [3.63, 3.8) is 0 Å². The van der Waals surface area contributed by atoms with Gasteiger partial charge in [0.2, 0.25) is 0 Å². The minimum absolute atomic E-state index is 0.496. The first-order valence-electron chi connectivity index (χ1n) is 7.17. The van der Waals surface area contributed by atoms with E-state index < -0.39 is 0 Å². The first kappa shape index (κ1) is 13.6. The van der Waals surface area contributed by atoms with Gasteiger partial charge in [-0.1, -0.05) is 51.0 Å². The summed E-state index contributed by atoms with van der Waals surface area (Å²) in [5.74, 6) is 0. The van der Waals surface area contributed by atoms with Crippen LogP contribution in [0.1, 0.15) is 50.7 Å². The molecule has 0 saturated heterocycles. The predicted molar refractivity (Wildman–Crippen MR) is 75.5 cm³/mol. The van der Waals surface area contributed by atoms with Gasteiger partial charge in [0.15, 0.2) is 0 Å². The summed E-state index contributed by atoms with van der Waals surface area (Å²) in [5.41, 5.74) is 2.70. The Balaban J connectivity index is 1.89. The van der Waals surface area contributed by atoms with Crippen LogP contribution >= 0.6 is 0 Å². The molecule has 2 rings (SSSR count). The number of nitrogens with one attached hydrogen (secondary N) is 1. The van der Waals surface area contributed by atoms with E-state index in [1.807, 2.05) is 0 Å². The molecule has 1 aromatic rings. The lowest BCUT2D eigenvalue weighted by molar-refractivity contribution is 0.0452. The number of rotatable bonds is 6. The normalized spacial score (nSPS) is 16.6. The van der Waals surface area contributed by atoms with Crippen molar-refractivity contribution in [1.82, 2.24) is 5.32 Å². The second-order valence-corrected chi connectivity index (χ2v) is 5.52. The molecule has 0 atom stereocenters. The highest BCUT2D eigenvalue weighted by Crippen LogP contribution is 2.22. The van der Waals surface area contributed by atoms with E-state index in [2.05, 4.69) is 43.4 Å². The third kappa shape index (κ3) is 4.11. The van der Waals surface area contributed by atoms with Gasteiger partial charge in [-0.2, -0.15) is 0 Å². The first-order valence-corrected chi connectivity index (χ1v) is 7.17. The van der Waals surface area contributed by atoms with Crippen LogP contribution in [0.5, 0.6) is 0 Å². The summed E-state index contributed by atoms with van der Waals surface area (Å²) in [6.07, 6.45) is 5.65. The van der Waals surface area contributed by atoms with Crippen molar-refractivity contribution in [3.8, 4) is 0 Å². The Morgan fingerprint density at radius 3 is 2.50 bits per heavy atom. The quantitative estimate of drug-likeness (QED) is 0.828. The Kier molecular flexibility index (Phi) is 5.21. The molecule has 0 heterocycles. The van der Waals surface area contributed by atoms with Gasteiger partial charge in [0.25, 0.3) is 0 Å². The van der Waals surface area contributed by atoms with Gasteiger partial charge in [-0.3, -0.25) is 0 Å². The van der Waals surface area contributed by atoms with Crippen LogP contribution in [0, 0.1) is 0 Å². The topological polar surface area (TPSA) is 21.3 Å². The van der Waals surface area contributed by atoms with Gasteiger partial charge >= 0.3 is 0 Å². The van der Waals surface area contributed by atoms with Crippen molar-refractivity contribution in [2.24, 2.45) is 0 Å². The lowest BCUT2D eigenvalue weighted by atomic mass is 10.1. The summed E-state index contributed by atoms with van der Waals surface area (Å²) in [6, 6.07) is 9.12. The van der Waals surface area contributed by atoms with Crippen molar-refractivity contribution >= 4 is 0 Å². The molecule has 0 bridgehead atoms. The van der Waals surface area contributed by atoms with E-state index in [0.717, 1.165) is 13.2 Å². The highest BCUT2D eigenvalue weighted by Gasteiger charge is 2.15. The summed E-state index contributed by atoms with van der Waals surface area (Å²) in [6.45, 7) is 6.05. The highest BCUT2D eigenvalue weighted by molar-refractivity contribution is 5.26. The first-order chi connectivity index (χ1) is 8.75. The lowest BCUT2D eigenvalue weighted by Crippen LogP contribution is -2.22. The summed E-state index contributed by atoms with van der Waals surface area (Å²) in [4.78, 5) is 0. The van der Waals surface area contributed by atoms with Gasteiger partial charge < -0.3 is 10.1 Å². The van der Waals surface area contributed by atoms with Crippen molar-refractivity contribution in [3.05, 3.63) is 35.4 Å². The molecule has 0 aromatic heterocycles. The summed E-state index contributed by atoms with van der Waals surface area (Å²) < 4.78 is 6.01. The van der Waals surface area contributed by atoms with E-state index in [4.69, 9.17) is 4.74 Å². The summed E-state index contributed by atoms with van der Waals surface area (Å²) >= 11 is 0. The average Bonchev–Trinajstić information content (AvgIpc) is 2.88. The zero-order chi connectivity index (χ0) is 12.8. The zero-order valence-electron chi connectivity index (χ0n) is 11.6. The van der Waals surface area contributed by atoms with Gasteiger partial charge in [0.1, 0.15) is 0 Å². The van der Waals surface area contributed by atoms with Crippen LogP contribution in [-0.4, -0.2) is 12.1 Å². The minimum Gasteiger partial charge on any atom is -0.374 e. The number of hydrogen-bond donors (Lipinski definition) is 1. The average molecular weight is 247 g/mol. The van der Waals surface area contributed by atoms with Crippen molar-refractivity contribution < 1.29 is 4.74 Å². The Bertz CT molecular complexity index is 356. The molecule has 0 unspecified atom stereocenters. The highest BCUT2D eigenvalue weighted by atomic mass is 16.5. The maximum absolute atomic E-state index is 6.01. The van der Waals surface area contributed by atoms with Crippen LogP contribution in [0.4, 0.5) is 0 Å². The van der Waals surface area contributed by atoms with Crippen LogP contribution in [0.15, 0.2) is 24.3 Å². The second kappa shape index (κ2) is 6.91. The SMILES string of the molecule is CC(C)NCc1ccccc1COC1CCCC1. The van der Waals surface area contributed by atoms with E-state index in [9.17, 15) is 0 Å². The second-order valence-electron chi connectivity index (χ2n) is 5.52. The molecule has 100 valence electrons. The largest absolute Gasteiger partial charge is 0.374 e. The Morgan fingerprint density at radius 2 is 1.83 bits per heavy atom. The fourth-order valence-corrected chi connectivity index (χ4v) is 2.45. The Hall–Kier alpha value is -0.860. The van der Waals surface area contributed by atoms with E-state index >= 15 is 0 Å². The monoisotopic (exact) mass is 247 g/mol. The predicted octanol–water partition coefficient (Wildman–Crippen LogP) is 3.64. The number of benzene rings is 1. The van der Waals surface area contributed by atoms with Crippen LogP contribution in [0.2, 0.25) is 0 Å². The van der Waals surface area contributed by atoms with Gasteiger partial charge in [-0.15, -0.1) is 0 Å². The maximum atomic E-state index is 6.01. The third-order valence-electron chi connectivity index (χ3n) is 3.60. The van der Waals surface area contributed by atoms with Crippen LogP contribution in [0.3, 0.4) is 0 Å². The molecular formula is C16H25NO. The molecule has 1 aliphatic rings. The molecule has 1 fully saturated rings. The molecule has 2 heteroatoms. The van der Waals surface area contributed by atoms with Crippen molar-refractivity contribution in [2.75, 3.05) is 0 Å². The van der Waals surface area contributed by atoms with Crippen molar-refractivity contribution in [1.29, 1.82) is 0 Å². The molecule has 2 nitrogen and oxygen atoms in total.